The predicted octanol–water partition coefficient (Wildman–Crippen LogP) is 1.98. The van der Waals surface area contributed by atoms with Gasteiger partial charge in [0.15, 0.2) is 0 Å². The van der Waals surface area contributed by atoms with Crippen LogP contribution < -0.4 is 5.32 Å². The van der Waals surface area contributed by atoms with Gasteiger partial charge in [0.2, 0.25) is 0 Å². The van der Waals surface area contributed by atoms with E-state index in [-0.39, 0.29) is 0 Å². The molecule has 1 saturated carbocycles. The summed E-state index contributed by atoms with van der Waals surface area (Å²) in [6, 6.07) is 1.03. The van der Waals surface area contributed by atoms with Crippen LogP contribution in [0.1, 0.15) is 46.0 Å². The van der Waals surface area contributed by atoms with Crippen LogP contribution in [0, 0.1) is 11.8 Å². The van der Waals surface area contributed by atoms with E-state index >= 15 is 0 Å². The van der Waals surface area contributed by atoms with Crippen LogP contribution in [-0.2, 0) is 9.84 Å². The predicted molar refractivity (Wildman–Crippen MR) is 70.8 cm³/mol. The number of hydrogen-bond acceptors (Lipinski definition) is 3. The van der Waals surface area contributed by atoms with Gasteiger partial charge < -0.3 is 5.32 Å². The van der Waals surface area contributed by atoms with Crippen molar-refractivity contribution in [2.45, 2.75) is 58.0 Å². The zero-order chi connectivity index (χ0) is 12.5. The van der Waals surface area contributed by atoms with Gasteiger partial charge in [-0.2, -0.15) is 0 Å². The first kappa shape index (κ1) is 13.3. The van der Waals surface area contributed by atoms with Gasteiger partial charge in [0.25, 0.3) is 0 Å². The largest absolute Gasteiger partial charge is 0.311 e. The average molecular weight is 259 g/mol. The molecular weight excluding hydrogens is 234 g/mol. The molecule has 0 aromatic rings. The summed E-state index contributed by atoms with van der Waals surface area (Å²) in [5.74, 6) is 2.31. The average Bonchev–Trinajstić information content (AvgIpc) is 2.26. The molecule has 17 heavy (non-hydrogen) atoms. The molecule has 3 unspecified atom stereocenters. The Morgan fingerprint density at radius 1 is 1.00 bits per heavy atom. The molecule has 0 bridgehead atoms. The van der Waals surface area contributed by atoms with E-state index in [2.05, 4.69) is 19.2 Å². The smallest absolute Gasteiger partial charge is 0.150 e. The van der Waals surface area contributed by atoms with Crippen LogP contribution in [-0.4, -0.2) is 32.0 Å². The summed E-state index contributed by atoms with van der Waals surface area (Å²) < 4.78 is 22.8. The minimum absolute atomic E-state index is 0.376. The highest BCUT2D eigenvalue weighted by molar-refractivity contribution is 7.91. The molecule has 4 heteroatoms. The molecule has 0 radical (unpaired) electrons. The quantitative estimate of drug-likeness (QED) is 0.825. The van der Waals surface area contributed by atoms with Crippen molar-refractivity contribution >= 4 is 9.84 Å². The van der Waals surface area contributed by atoms with E-state index in [0.29, 0.717) is 23.6 Å². The van der Waals surface area contributed by atoms with E-state index in [4.69, 9.17) is 0 Å². The minimum Gasteiger partial charge on any atom is -0.311 e. The monoisotopic (exact) mass is 259 g/mol. The summed E-state index contributed by atoms with van der Waals surface area (Å²) in [7, 11) is -2.72. The number of sulfone groups is 1. The standard InChI is InChI=1S/C13H25NO2S/c1-10-3-4-11(2)13(9-10)14-12-5-7-17(15,16)8-6-12/h10-14H,3-9H2,1-2H3. The van der Waals surface area contributed by atoms with Crippen molar-refractivity contribution in [1.29, 1.82) is 0 Å². The summed E-state index contributed by atoms with van der Waals surface area (Å²) in [6.45, 7) is 4.65. The lowest BCUT2D eigenvalue weighted by atomic mass is 9.79. The van der Waals surface area contributed by atoms with Crippen molar-refractivity contribution in [3.05, 3.63) is 0 Å². The van der Waals surface area contributed by atoms with Gasteiger partial charge >= 0.3 is 0 Å². The topological polar surface area (TPSA) is 46.2 Å². The molecule has 1 aliphatic heterocycles. The lowest BCUT2D eigenvalue weighted by Gasteiger charge is -2.37. The number of nitrogens with one attached hydrogen (secondary N) is 1. The zero-order valence-corrected chi connectivity index (χ0v) is 11.8. The van der Waals surface area contributed by atoms with Crippen LogP contribution in [0.3, 0.4) is 0 Å². The van der Waals surface area contributed by atoms with Crippen LogP contribution in [0.25, 0.3) is 0 Å². The summed E-state index contributed by atoms with van der Waals surface area (Å²) in [4.78, 5) is 0. The van der Waals surface area contributed by atoms with E-state index < -0.39 is 9.84 Å². The summed E-state index contributed by atoms with van der Waals surface area (Å²) in [6.07, 6.45) is 5.52. The summed E-state index contributed by atoms with van der Waals surface area (Å²) in [5, 5.41) is 3.71. The molecule has 100 valence electrons. The second kappa shape index (κ2) is 5.27. The molecule has 0 spiro atoms. The Hall–Kier alpha value is -0.0900. The van der Waals surface area contributed by atoms with Crippen LogP contribution in [0.15, 0.2) is 0 Å². The SMILES string of the molecule is CC1CCC(C)C(NC2CCS(=O)(=O)CC2)C1. The van der Waals surface area contributed by atoms with Crippen molar-refractivity contribution in [3.8, 4) is 0 Å². The van der Waals surface area contributed by atoms with Crippen molar-refractivity contribution in [2.24, 2.45) is 11.8 Å². The number of hydrogen-bond donors (Lipinski definition) is 1. The Kier molecular flexibility index (Phi) is 4.14. The minimum atomic E-state index is -2.72. The highest BCUT2D eigenvalue weighted by atomic mass is 32.2. The molecule has 1 aliphatic carbocycles. The molecule has 2 fully saturated rings. The number of rotatable bonds is 2. The first-order valence-electron chi connectivity index (χ1n) is 6.93. The summed E-state index contributed by atoms with van der Waals surface area (Å²) in [5.41, 5.74) is 0. The second-order valence-corrected chi connectivity index (χ2v) is 8.40. The highest BCUT2D eigenvalue weighted by Gasteiger charge is 2.30. The van der Waals surface area contributed by atoms with Crippen molar-refractivity contribution in [2.75, 3.05) is 11.5 Å². The Morgan fingerprint density at radius 2 is 1.65 bits per heavy atom. The van der Waals surface area contributed by atoms with E-state index in [9.17, 15) is 8.42 Å². The molecule has 1 heterocycles. The van der Waals surface area contributed by atoms with E-state index in [1.165, 1.54) is 19.3 Å². The van der Waals surface area contributed by atoms with Crippen molar-refractivity contribution in [3.63, 3.8) is 0 Å². The maximum absolute atomic E-state index is 11.4. The van der Waals surface area contributed by atoms with E-state index in [1.807, 2.05) is 0 Å². The van der Waals surface area contributed by atoms with E-state index in [1.54, 1.807) is 0 Å². The van der Waals surface area contributed by atoms with Gasteiger partial charge in [-0.15, -0.1) is 0 Å². The van der Waals surface area contributed by atoms with Crippen LogP contribution in [0.5, 0.6) is 0 Å². The van der Waals surface area contributed by atoms with E-state index in [0.717, 1.165) is 24.7 Å². The Balaban J connectivity index is 1.84. The molecule has 3 nitrogen and oxygen atoms in total. The Bertz CT molecular complexity index is 338. The molecule has 0 amide bonds. The molecule has 0 aromatic carbocycles. The molecule has 2 aliphatic rings. The normalized spacial score (nSPS) is 39.1. The first-order chi connectivity index (χ1) is 7.96. The third kappa shape index (κ3) is 3.68. The van der Waals surface area contributed by atoms with Crippen LogP contribution in [0.4, 0.5) is 0 Å². The van der Waals surface area contributed by atoms with Gasteiger partial charge in [0.1, 0.15) is 9.84 Å². The van der Waals surface area contributed by atoms with Gasteiger partial charge in [0, 0.05) is 12.1 Å². The van der Waals surface area contributed by atoms with Crippen LogP contribution >= 0.6 is 0 Å². The fourth-order valence-electron chi connectivity index (χ4n) is 3.12. The fraction of sp³-hybridized carbons (Fsp3) is 1.00. The van der Waals surface area contributed by atoms with Gasteiger partial charge in [-0.3, -0.25) is 0 Å². The van der Waals surface area contributed by atoms with Gasteiger partial charge in [-0.05, 0) is 37.5 Å². The lowest BCUT2D eigenvalue weighted by Crippen LogP contribution is -2.47. The first-order valence-corrected chi connectivity index (χ1v) is 8.75. The van der Waals surface area contributed by atoms with Crippen molar-refractivity contribution < 1.29 is 8.42 Å². The van der Waals surface area contributed by atoms with Gasteiger partial charge in [-0.1, -0.05) is 20.3 Å². The van der Waals surface area contributed by atoms with Crippen LogP contribution in [0.2, 0.25) is 0 Å². The Morgan fingerprint density at radius 3 is 2.29 bits per heavy atom. The maximum atomic E-state index is 11.4. The molecule has 1 saturated heterocycles. The molecule has 3 atom stereocenters. The zero-order valence-electron chi connectivity index (χ0n) is 11.0. The molecule has 2 rings (SSSR count). The van der Waals surface area contributed by atoms with Gasteiger partial charge in [0.05, 0.1) is 11.5 Å². The molecule has 0 aromatic heterocycles. The fourth-order valence-corrected chi connectivity index (χ4v) is 4.62. The summed E-state index contributed by atoms with van der Waals surface area (Å²) >= 11 is 0. The second-order valence-electron chi connectivity index (χ2n) is 6.09. The highest BCUT2D eigenvalue weighted by Crippen LogP contribution is 2.29. The lowest BCUT2D eigenvalue weighted by molar-refractivity contribution is 0.209. The molecule has 1 N–H and O–H groups in total. The third-order valence-corrected chi connectivity index (χ3v) is 6.18. The third-order valence-electron chi connectivity index (χ3n) is 4.46. The maximum Gasteiger partial charge on any atom is 0.150 e. The molecular formula is C13H25NO2S. The van der Waals surface area contributed by atoms with Crippen molar-refractivity contribution in [1.82, 2.24) is 5.32 Å². The Labute approximate surface area is 105 Å². The van der Waals surface area contributed by atoms with Gasteiger partial charge in [-0.25, -0.2) is 8.42 Å².